The van der Waals surface area contributed by atoms with Crippen LogP contribution in [-0.4, -0.2) is 38.1 Å². The van der Waals surface area contributed by atoms with Crippen molar-refractivity contribution >= 4 is 28.9 Å². The van der Waals surface area contributed by atoms with Crippen LogP contribution >= 0.6 is 11.6 Å². The van der Waals surface area contributed by atoms with Crippen molar-refractivity contribution in [3.05, 3.63) is 59.4 Å². The lowest BCUT2D eigenvalue weighted by molar-refractivity contribution is -0.914. The van der Waals surface area contributed by atoms with Gasteiger partial charge in [0.25, 0.3) is 5.91 Å². The zero-order valence-corrected chi connectivity index (χ0v) is 14.9. The molecular weight excluding hydrogens is 341 g/mol. The Bertz CT molecular complexity index is 712. The third-order valence-electron chi connectivity index (χ3n) is 4.71. The lowest BCUT2D eigenvalue weighted by atomic mass is 10.2. The molecule has 0 saturated carbocycles. The van der Waals surface area contributed by atoms with Gasteiger partial charge in [-0.3, -0.25) is 4.79 Å². The topological polar surface area (TPSA) is 36.8 Å². The monoisotopic (exact) mass is 362 g/mol. The molecule has 1 saturated heterocycles. The fourth-order valence-electron chi connectivity index (χ4n) is 3.11. The van der Waals surface area contributed by atoms with Gasteiger partial charge in [0.15, 0.2) is 6.04 Å². The van der Waals surface area contributed by atoms with Crippen LogP contribution in [0.4, 0.5) is 15.8 Å². The maximum atomic E-state index is 13.0. The predicted molar refractivity (Wildman–Crippen MR) is 98.9 cm³/mol. The van der Waals surface area contributed by atoms with Crippen molar-refractivity contribution < 1.29 is 14.1 Å². The molecule has 1 fully saturated rings. The smallest absolute Gasteiger partial charge is 0.282 e. The number of nitrogens with one attached hydrogen (secondary N) is 2. The van der Waals surface area contributed by atoms with E-state index in [9.17, 15) is 9.18 Å². The number of anilines is 2. The Morgan fingerprint density at radius 1 is 1.12 bits per heavy atom. The first kappa shape index (κ1) is 17.7. The molecule has 1 heterocycles. The van der Waals surface area contributed by atoms with Crippen LogP contribution in [0.25, 0.3) is 0 Å². The Labute approximate surface area is 152 Å². The number of nitrogens with zero attached hydrogens (tertiary/aromatic N) is 1. The fourth-order valence-corrected chi connectivity index (χ4v) is 3.23. The number of carbonyl (C=O) groups is 1. The van der Waals surface area contributed by atoms with Gasteiger partial charge in [-0.25, -0.2) is 4.39 Å². The summed E-state index contributed by atoms with van der Waals surface area (Å²) in [5, 5.41) is 3.59. The predicted octanol–water partition coefficient (Wildman–Crippen LogP) is 2.21. The van der Waals surface area contributed by atoms with E-state index in [1.807, 2.05) is 6.92 Å². The van der Waals surface area contributed by atoms with Gasteiger partial charge in [0.2, 0.25) is 0 Å². The Kier molecular flexibility index (Phi) is 5.56. The highest BCUT2D eigenvalue weighted by Gasteiger charge is 2.29. The van der Waals surface area contributed by atoms with E-state index in [2.05, 4.69) is 10.2 Å². The van der Waals surface area contributed by atoms with E-state index in [0.717, 1.165) is 37.6 Å². The summed E-state index contributed by atoms with van der Waals surface area (Å²) in [7, 11) is 0. The van der Waals surface area contributed by atoms with Gasteiger partial charge in [-0.05, 0) is 55.5 Å². The van der Waals surface area contributed by atoms with Crippen molar-refractivity contribution in [3.8, 4) is 0 Å². The molecule has 1 amide bonds. The van der Waals surface area contributed by atoms with Crippen molar-refractivity contribution in [2.75, 3.05) is 36.4 Å². The van der Waals surface area contributed by atoms with Gasteiger partial charge in [-0.1, -0.05) is 11.6 Å². The van der Waals surface area contributed by atoms with Crippen molar-refractivity contribution in [1.82, 2.24) is 0 Å². The van der Waals surface area contributed by atoms with Gasteiger partial charge in [-0.15, -0.1) is 0 Å². The van der Waals surface area contributed by atoms with Crippen molar-refractivity contribution in [2.24, 2.45) is 0 Å². The van der Waals surface area contributed by atoms with E-state index in [-0.39, 0.29) is 17.8 Å². The molecule has 0 unspecified atom stereocenters. The Morgan fingerprint density at radius 3 is 2.32 bits per heavy atom. The highest BCUT2D eigenvalue weighted by Crippen LogP contribution is 2.15. The van der Waals surface area contributed by atoms with Crippen LogP contribution in [-0.2, 0) is 4.79 Å². The SMILES string of the molecule is C[C@H](C(=O)Nc1ccc(Cl)cc1)[NH+]1CCN(c2ccc(F)cc2)CC1. The van der Waals surface area contributed by atoms with Crippen molar-refractivity contribution in [2.45, 2.75) is 13.0 Å². The van der Waals surface area contributed by atoms with Crippen LogP contribution in [0.3, 0.4) is 0 Å². The van der Waals surface area contributed by atoms with Crippen LogP contribution in [0.2, 0.25) is 5.02 Å². The minimum Gasteiger partial charge on any atom is -0.360 e. The van der Waals surface area contributed by atoms with Gasteiger partial charge >= 0.3 is 0 Å². The molecular formula is C19H22ClFN3O+. The minimum absolute atomic E-state index is 0.00700. The van der Waals surface area contributed by atoms with E-state index in [1.54, 1.807) is 36.4 Å². The van der Waals surface area contributed by atoms with E-state index in [0.29, 0.717) is 5.02 Å². The number of halogens is 2. The molecule has 0 radical (unpaired) electrons. The minimum atomic E-state index is -0.222. The first-order valence-corrected chi connectivity index (χ1v) is 8.82. The normalized spacial score (nSPS) is 16.5. The summed E-state index contributed by atoms with van der Waals surface area (Å²) >= 11 is 5.86. The van der Waals surface area contributed by atoms with Crippen LogP contribution in [0.1, 0.15) is 6.92 Å². The molecule has 2 aromatic carbocycles. The molecule has 0 aromatic heterocycles. The highest BCUT2D eigenvalue weighted by atomic mass is 35.5. The molecule has 132 valence electrons. The Morgan fingerprint density at radius 2 is 1.72 bits per heavy atom. The van der Waals surface area contributed by atoms with Crippen molar-refractivity contribution in [1.29, 1.82) is 0 Å². The molecule has 3 rings (SSSR count). The van der Waals surface area contributed by atoms with Crippen LogP contribution < -0.4 is 15.1 Å². The van der Waals surface area contributed by atoms with E-state index < -0.39 is 0 Å². The molecule has 6 heteroatoms. The summed E-state index contributed by atoms with van der Waals surface area (Å²) in [6, 6.07) is 13.6. The summed E-state index contributed by atoms with van der Waals surface area (Å²) in [5.74, 6) is -0.215. The second-order valence-electron chi connectivity index (χ2n) is 6.34. The molecule has 2 aromatic rings. The standard InChI is InChI=1S/C19H21ClFN3O/c1-14(19(25)22-17-6-2-15(20)3-7-17)23-10-12-24(13-11-23)18-8-4-16(21)5-9-18/h2-9,14H,10-13H2,1H3,(H,22,25)/p+1/t14-/m1/s1. The second kappa shape index (κ2) is 7.85. The number of rotatable bonds is 4. The first-order valence-electron chi connectivity index (χ1n) is 8.44. The van der Waals surface area contributed by atoms with Gasteiger partial charge < -0.3 is 15.1 Å². The Balaban J connectivity index is 1.53. The van der Waals surface area contributed by atoms with Crippen LogP contribution in [0.15, 0.2) is 48.5 Å². The molecule has 0 aliphatic carbocycles. The second-order valence-corrected chi connectivity index (χ2v) is 6.78. The average molecular weight is 363 g/mol. The quantitative estimate of drug-likeness (QED) is 0.875. The molecule has 1 aliphatic rings. The highest BCUT2D eigenvalue weighted by molar-refractivity contribution is 6.30. The van der Waals surface area contributed by atoms with Crippen molar-refractivity contribution in [3.63, 3.8) is 0 Å². The zero-order chi connectivity index (χ0) is 17.8. The molecule has 1 aliphatic heterocycles. The number of quaternary nitrogens is 1. The summed E-state index contributed by atoms with van der Waals surface area (Å²) < 4.78 is 13.0. The third-order valence-corrected chi connectivity index (χ3v) is 4.97. The molecule has 2 N–H and O–H groups in total. The summed E-state index contributed by atoms with van der Waals surface area (Å²) in [5.41, 5.74) is 1.78. The van der Waals surface area contributed by atoms with Crippen LogP contribution in [0.5, 0.6) is 0 Å². The molecule has 0 bridgehead atoms. The maximum Gasteiger partial charge on any atom is 0.282 e. The number of piperazine rings is 1. The Hall–Kier alpha value is -2.11. The van der Waals surface area contributed by atoms with Crippen LogP contribution in [0, 0.1) is 5.82 Å². The summed E-state index contributed by atoms with van der Waals surface area (Å²) in [6.07, 6.45) is 0. The van der Waals surface area contributed by atoms with E-state index in [1.165, 1.54) is 17.0 Å². The molecule has 0 spiro atoms. The average Bonchev–Trinajstić information content (AvgIpc) is 2.64. The van der Waals surface area contributed by atoms with Gasteiger partial charge in [0, 0.05) is 16.4 Å². The van der Waals surface area contributed by atoms with Gasteiger partial charge in [0.1, 0.15) is 5.82 Å². The number of carbonyl (C=O) groups excluding carboxylic acids is 1. The zero-order valence-electron chi connectivity index (χ0n) is 14.1. The number of amides is 1. The maximum absolute atomic E-state index is 13.0. The number of hydrogen-bond acceptors (Lipinski definition) is 2. The third kappa shape index (κ3) is 4.50. The van der Waals surface area contributed by atoms with E-state index >= 15 is 0 Å². The lowest BCUT2D eigenvalue weighted by Crippen LogP contribution is -3.19. The fraction of sp³-hybridized carbons (Fsp3) is 0.316. The number of hydrogen-bond donors (Lipinski definition) is 2. The summed E-state index contributed by atoms with van der Waals surface area (Å²) in [6.45, 7) is 5.38. The lowest BCUT2D eigenvalue weighted by Gasteiger charge is -2.36. The number of benzene rings is 2. The molecule has 1 atom stereocenters. The van der Waals surface area contributed by atoms with E-state index in [4.69, 9.17) is 11.6 Å². The molecule has 4 nitrogen and oxygen atoms in total. The van der Waals surface area contributed by atoms with Gasteiger partial charge in [0.05, 0.1) is 26.2 Å². The first-order chi connectivity index (χ1) is 12.0. The largest absolute Gasteiger partial charge is 0.360 e. The molecule has 25 heavy (non-hydrogen) atoms. The summed E-state index contributed by atoms with van der Waals surface area (Å²) in [4.78, 5) is 15.9. The van der Waals surface area contributed by atoms with Gasteiger partial charge in [-0.2, -0.15) is 0 Å².